The smallest absolute Gasteiger partial charge is 0.328 e. The van der Waals surface area contributed by atoms with Crippen molar-refractivity contribution >= 4 is 28.3 Å². The van der Waals surface area contributed by atoms with Crippen LogP contribution < -0.4 is 21.2 Å². The molecule has 4 aromatic rings. The Labute approximate surface area is 193 Å². The van der Waals surface area contributed by atoms with E-state index >= 15 is 0 Å². The number of ether oxygens (including phenoxy) is 2. The number of methoxy groups -OCH3 is 1. The van der Waals surface area contributed by atoms with Crippen LogP contribution in [0.2, 0.25) is 0 Å². The summed E-state index contributed by atoms with van der Waals surface area (Å²) < 4.78 is 11.5. The molecule has 0 unspecified atom stereocenters. The van der Waals surface area contributed by atoms with Crippen molar-refractivity contribution < 1.29 is 19.1 Å². The molecule has 0 aliphatic rings. The lowest BCUT2D eigenvalue weighted by Gasteiger charge is -2.18. The van der Waals surface area contributed by atoms with E-state index in [1.807, 2.05) is 0 Å². The molecule has 4 rings (SSSR count). The summed E-state index contributed by atoms with van der Waals surface area (Å²) in [7, 11) is 1.51. The number of esters is 1. The van der Waals surface area contributed by atoms with Crippen LogP contribution in [0, 0.1) is 0 Å². The molecule has 2 N–H and O–H groups in total. The van der Waals surface area contributed by atoms with Crippen LogP contribution in [0.25, 0.3) is 10.8 Å². The molecule has 9 heteroatoms. The minimum atomic E-state index is -1.29. The van der Waals surface area contributed by atoms with Crippen molar-refractivity contribution in [1.82, 2.24) is 9.78 Å². The number of amides is 1. The number of nitrogens with one attached hydrogen (secondary N) is 2. The number of fused-ring (bicyclic) bond motifs is 1. The lowest BCUT2D eigenvalue weighted by molar-refractivity contribution is -0.155. The van der Waals surface area contributed by atoms with Crippen molar-refractivity contribution in [2.75, 3.05) is 12.4 Å². The molecule has 0 aliphatic carbocycles. The largest absolute Gasteiger partial charge is 0.497 e. The van der Waals surface area contributed by atoms with Crippen molar-refractivity contribution in [1.29, 1.82) is 0 Å². The number of H-pyrrole nitrogens is 1. The van der Waals surface area contributed by atoms with E-state index in [1.54, 1.807) is 66.7 Å². The summed E-state index contributed by atoms with van der Waals surface area (Å²) >= 11 is 0. The van der Waals surface area contributed by atoms with E-state index in [1.165, 1.54) is 19.2 Å². The molecule has 1 atom stereocenters. The molecular formula is C25H21N3O6. The number of hydrogen-bond donors (Lipinski definition) is 2. The minimum Gasteiger partial charge on any atom is -0.497 e. The Hall–Kier alpha value is -4.66. The van der Waals surface area contributed by atoms with E-state index < -0.39 is 35.6 Å². The summed E-state index contributed by atoms with van der Waals surface area (Å²) in [6, 6.07) is 21.5. The third kappa shape index (κ3) is 4.88. The van der Waals surface area contributed by atoms with Gasteiger partial charge >= 0.3 is 5.97 Å². The predicted molar refractivity (Wildman–Crippen MR) is 126 cm³/mol. The van der Waals surface area contributed by atoms with Gasteiger partial charge in [-0.1, -0.05) is 48.5 Å². The summed E-state index contributed by atoms with van der Waals surface area (Å²) in [5, 5.41) is 5.48. The van der Waals surface area contributed by atoms with E-state index in [9.17, 15) is 19.2 Å². The van der Waals surface area contributed by atoms with Crippen LogP contribution in [0.5, 0.6) is 5.75 Å². The van der Waals surface area contributed by atoms with Gasteiger partial charge in [0.1, 0.15) is 12.3 Å². The minimum absolute atomic E-state index is 0.175. The van der Waals surface area contributed by atoms with Crippen molar-refractivity contribution in [2.45, 2.75) is 12.6 Å². The van der Waals surface area contributed by atoms with E-state index in [4.69, 9.17) is 9.47 Å². The Morgan fingerprint density at radius 2 is 1.65 bits per heavy atom. The van der Waals surface area contributed by atoms with Crippen LogP contribution in [0.4, 0.5) is 5.69 Å². The van der Waals surface area contributed by atoms with Crippen LogP contribution in [-0.4, -0.2) is 28.8 Å². The van der Waals surface area contributed by atoms with Gasteiger partial charge in [0.25, 0.3) is 17.0 Å². The van der Waals surface area contributed by atoms with Gasteiger partial charge in [0.05, 0.1) is 17.9 Å². The summed E-state index contributed by atoms with van der Waals surface area (Å²) in [5.74, 6) is -0.916. The Bertz CT molecular complexity index is 1460. The van der Waals surface area contributed by atoms with E-state index in [-0.39, 0.29) is 10.8 Å². The first kappa shape index (κ1) is 22.5. The standard InChI is InChI=1S/C25H21N3O6/c1-33-18-11-7-10-17(14-18)26-24(31)22(16-8-3-2-4-9-16)34-21(29)15-28-25(32)20-13-6-5-12-19(20)23(30)27-28/h2-14,22H,15H2,1H3,(H,26,31)(H,27,30)/t22-/m0/s1. The van der Waals surface area contributed by atoms with Crippen LogP contribution in [-0.2, 0) is 20.9 Å². The Morgan fingerprint density at radius 1 is 0.941 bits per heavy atom. The molecule has 0 bridgehead atoms. The number of hydrogen-bond acceptors (Lipinski definition) is 6. The second-order valence-electron chi connectivity index (χ2n) is 7.38. The van der Waals surface area contributed by atoms with Gasteiger partial charge in [-0.25, -0.2) is 4.68 Å². The second kappa shape index (κ2) is 9.86. The normalized spacial score (nSPS) is 11.6. The van der Waals surface area contributed by atoms with Gasteiger partial charge < -0.3 is 14.8 Å². The van der Waals surface area contributed by atoms with Crippen LogP contribution in [0.3, 0.4) is 0 Å². The maximum atomic E-state index is 13.0. The number of nitrogens with zero attached hydrogens (tertiary/aromatic N) is 1. The van der Waals surface area contributed by atoms with Crippen molar-refractivity contribution in [3.05, 3.63) is 105 Å². The molecule has 0 aliphatic heterocycles. The van der Waals surface area contributed by atoms with Gasteiger partial charge in [-0.15, -0.1) is 0 Å². The molecule has 34 heavy (non-hydrogen) atoms. The summed E-state index contributed by atoms with van der Waals surface area (Å²) in [6.45, 7) is -0.575. The molecule has 0 saturated heterocycles. The lowest BCUT2D eigenvalue weighted by Crippen LogP contribution is -2.34. The first-order chi connectivity index (χ1) is 16.5. The maximum absolute atomic E-state index is 13.0. The van der Waals surface area contributed by atoms with Crippen molar-refractivity contribution in [2.24, 2.45) is 0 Å². The summed E-state index contributed by atoms with van der Waals surface area (Å²) in [4.78, 5) is 50.8. The molecule has 9 nitrogen and oxygen atoms in total. The van der Waals surface area contributed by atoms with Gasteiger partial charge in [0.2, 0.25) is 6.10 Å². The third-order valence-corrected chi connectivity index (χ3v) is 5.10. The highest BCUT2D eigenvalue weighted by Gasteiger charge is 2.26. The fourth-order valence-corrected chi connectivity index (χ4v) is 3.47. The zero-order chi connectivity index (χ0) is 24.1. The number of carbonyl (C=O) groups is 2. The molecule has 3 aromatic carbocycles. The highest BCUT2D eigenvalue weighted by atomic mass is 16.5. The van der Waals surface area contributed by atoms with E-state index in [2.05, 4.69) is 10.4 Å². The first-order valence-corrected chi connectivity index (χ1v) is 10.4. The molecule has 0 radical (unpaired) electrons. The summed E-state index contributed by atoms with van der Waals surface area (Å²) in [5.41, 5.74) is -0.172. The molecule has 0 spiro atoms. The number of aromatic nitrogens is 2. The van der Waals surface area contributed by atoms with Gasteiger partial charge in [0, 0.05) is 17.3 Å². The Morgan fingerprint density at radius 3 is 2.38 bits per heavy atom. The Kier molecular flexibility index (Phi) is 6.54. The van der Waals surface area contributed by atoms with Crippen molar-refractivity contribution in [3.8, 4) is 5.75 Å². The lowest BCUT2D eigenvalue weighted by atomic mass is 10.1. The number of anilines is 1. The molecule has 1 amide bonds. The van der Waals surface area contributed by atoms with Gasteiger partial charge in [-0.05, 0) is 24.3 Å². The zero-order valence-corrected chi connectivity index (χ0v) is 18.2. The van der Waals surface area contributed by atoms with E-state index in [0.717, 1.165) is 4.68 Å². The molecule has 172 valence electrons. The second-order valence-corrected chi connectivity index (χ2v) is 7.38. The number of rotatable bonds is 7. The fraction of sp³-hybridized carbons (Fsp3) is 0.120. The van der Waals surface area contributed by atoms with Gasteiger partial charge in [-0.3, -0.25) is 24.3 Å². The molecule has 0 saturated carbocycles. The molecule has 1 heterocycles. The maximum Gasteiger partial charge on any atom is 0.328 e. The zero-order valence-electron chi connectivity index (χ0n) is 18.2. The monoisotopic (exact) mass is 459 g/mol. The molecule has 0 fully saturated rings. The average Bonchev–Trinajstić information content (AvgIpc) is 2.86. The van der Waals surface area contributed by atoms with Gasteiger partial charge in [0.15, 0.2) is 0 Å². The quantitative estimate of drug-likeness (QED) is 0.410. The molecule has 1 aromatic heterocycles. The summed E-state index contributed by atoms with van der Waals surface area (Å²) in [6.07, 6.45) is -1.29. The van der Waals surface area contributed by atoms with Crippen LogP contribution in [0.15, 0.2) is 88.5 Å². The van der Waals surface area contributed by atoms with Crippen molar-refractivity contribution in [3.63, 3.8) is 0 Å². The highest BCUT2D eigenvalue weighted by molar-refractivity contribution is 5.96. The molecular weight excluding hydrogens is 438 g/mol. The average molecular weight is 459 g/mol. The number of carbonyl (C=O) groups excluding carboxylic acids is 2. The number of aromatic amines is 1. The Balaban J connectivity index is 1.58. The fourth-order valence-electron chi connectivity index (χ4n) is 3.47. The topological polar surface area (TPSA) is 119 Å². The van der Waals surface area contributed by atoms with Crippen LogP contribution >= 0.6 is 0 Å². The third-order valence-electron chi connectivity index (χ3n) is 5.10. The highest BCUT2D eigenvalue weighted by Crippen LogP contribution is 2.22. The van der Waals surface area contributed by atoms with Gasteiger partial charge in [-0.2, -0.15) is 0 Å². The predicted octanol–water partition coefficient (Wildman–Crippen LogP) is 2.62. The SMILES string of the molecule is COc1cccc(NC(=O)[C@@H](OC(=O)Cn2[nH]c(=O)c3ccccc3c2=O)c2ccccc2)c1. The number of benzene rings is 3. The van der Waals surface area contributed by atoms with Crippen LogP contribution in [0.1, 0.15) is 11.7 Å². The first-order valence-electron chi connectivity index (χ1n) is 10.4. The van der Waals surface area contributed by atoms with E-state index in [0.29, 0.717) is 17.0 Å².